The second kappa shape index (κ2) is 41.8. The Balaban J connectivity index is 0.712. The minimum Gasteiger partial charge on any atom is -0.457 e. The number of aldehydes is 1. The fraction of sp³-hybridized carbons (Fsp3) is 0.888. The molecule has 3 amide bonds. The molecule has 49 heteroatoms. The van der Waals surface area contributed by atoms with Gasteiger partial charge >= 0.3 is 11.9 Å². The molecule has 0 bridgehead atoms. The van der Waals surface area contributed by atoms with Crippen molar-refractivity contribution in [2.24, 2.45) is 50.2 Å². The highest BCUT2D eigenvalue weighted by molar-refractivity contribution is 6.12. The van der Waals surface area contributed by atoms with E-state index >= 15 is 4.79 Å². The molecule has 49 nitrogen and oxygen atoms in total. The molecule has 13 fully saturated rings. The lowest BCUT2D eigenvalue weighted by Gasteiger charge is -2.71. The van der Waals surface area contributed by atoms with Gasteiger partial charge in [-0.25, -0.2) is 0 Å². The molecule has 52 atom stereocenters. The van der Waals surface area contributed by atoms with E-state index < -0.39 is 384 Å². The maximum Gasteiger partial charge on any atom is 0.317 e. The monoisotopic (exact) mass is 1980 g/mol. The largest absolute Gasteiger partial charge is 0.457 e. The molecule has 0 aromatic rings. The normalized spacial score (nSPS) is 51.9. The van der Waals surface area contributed by atoms with Crippen LogP contribution in [0.25, 0.3) is 0 Å². The number of hydrogen-bond donors (Lipinski definition) is 23. The van der Waals surface area contributed by atoms with Crippen molar-refractivity contribution in [3.05, 3.63) is 23.8 Å². The van der Waals surface area contributed by atoms with E-state index in [9.17, 15) is 136 Å². The van der Waals surface area contributed by atoms with Gasteiger partial charge in [-0.15, -0.1) is 0 Å². The maximum absolute atomic E-state index is 16.5. The Labute approximate surface area is 791 Å². The van der Waals surface area contributed by atoms with Gasteiger partial charge in [0.25, 0.3) is 17.7 Å². The lowest BCUT2D eigenvalue weighted by atomic mass is 9.33. The standard InChI is InChI=1S/C89H136N2O47/c1-31-64(130-76-62(116)67(39(98)29-122-76)132-78-57(111)52(106)50(104)40(25-92)127-78)54(108)59(113)77(123-31)136-71-60(114)65(131-80-63(117)69(66(33(3)124-80)126-34(4)95)134-75-56(110)49(103)38(97)28-121-75)32(2)125-81(71)138-83(119)89-20-19-84(5,6)23-36(89)35-11-12-43-85(7)17-16-45(86(8,30-94)42(85)15-18-87(43,9)88(35,10)24-44(89)99)129-82-72(137-79-58(112)53(107)51(105)41(26-93)128-79)68(133-74-55(109)48(102)37(96)27-120-74)61(115)70(135-82)73(118)90-21-22-91-46(100)13-14-47(91)101/h11,13-14,30-33,36-45,48-72,74-82,92-93,96-99,102-117H,12,15-29H2,1-10H3,(H,90,118)/t31?,32?,33?,36?,37?,38?,39?,40?,41?,42?,43?,44-,45+,48?,49?,50?,51?,52?,53?,54?,55?,56?,57?,58?,59?,60?,61?,62?,63?,64?,65?,66?,67?,68?,69?,70?,71?,72?,74?,75?,76?,77?,78?,79?,80?,81?,82?,85+,86+,87-,88-,89-/m1/s1. The third-order valence-corrected chi connectivity index (χ3v) is 32.5. The van der Waals surface area contributed by atoms with E-state index in [1.807, 2.05) is 20.8 Å². The number of carbonyl (C=O) groups is 6. The Morgan fingerprint density at radius 1 is 0.449 bits per heavy atom. The van der Waals surface area contributed by atoms with Gasteiger partial charge in [-0.05, 0) is 118 Å². The highest BCUT2D eigenvalue weighted by Crippen LogP contribution is 2.76. The Morgan fingerprint density at radius 2 is 0.920 bits per heavy atom. The Bertz CT molecular complexity index is 4290. The van der Waals surface area contributed by atoms with Crippen LogP contribution in [0.3, 0.4) is 0 Å². The van der Waals surface area contributed by atoms with Gasteiger partial charge in [0.05, 0.1) is 69.0 Å². The number of hydrogen-bond acceptors (Lipinski definition) is 47. The van der Waals surface area contributed by atoms with Crippen molar-refractivity contribution in [1.29, 1.82) is 0 Å². The molecule has 0 aromatic carbocycles. The van der Waals surface area contributed by atoms with E-state index in [2.05, 4.69) is 25.2 Å². The van der Waals surface area contributed by atoms with Crippen molar-refractivity contribution in [3.8, 4) is 0 Å². The number of fused-ring (bicyclic) bond motifs is 7. The molecule has 10 heterocycles. The van der Waals surface area contributed by atoms with Crippen LogP contribution < -0.4 is 5.32 Å². The van der Waals surface area contributed by atoms with Gasteiger partial charge in [-0.2, -0.15) is 0 Å². The van der Waals surface area contributed by atoms with E-state index in [1.54, 1.807) is 6.92 Å². The zero-order chi connectivity index (χ0) is 100. The number of imide groups is 1. The molecule has 15 rings (SSSR count). The molecule has 23 N–H and O–H groups in total. The first-order valence-electron chi connectivity index (χ1n) is 47.2. The summed E-state index contributed by atoms with van der Waals surface area (Å²) < 4.78 is 116. The molecular weight excluding hydrogens is 1850 g/mol. The lowest BCUT2D eigenvalue weighted by Crippen LogP contribution is -2.70. The topological polar surface area (TPSA) is 738 Å². The van der Waals surface area contributed by atoms with Gasteiger partial charge in [0, 0.05) is 32.2 Å². The summed E-state index contributed by atoms with van der Waals surface area (Å²) >= 11 is 0. The van der Waals surface area contributed by atoms with Crippen LogP contribution >= 0.6 is 0 Å². The summed E-state index contributed by atoms with van der Waals surface area (Å²) in [5.41, 5.74) is -5.76. The van der Waals surface area contributed by atoms with Crippen LogP contribution in [-0.4, -0.2) is 470 Å². The van der Waals surface area contributed by atoms with Gasteiger partial charge in [-0.3, -0.25) is 28.9 Å². The predicted octanol–water partition coefficient (Wildman–Crippen LogP) is -10.1. The smallest absolute Gasteiger partial charge is 0.317 e. The molecule has 0 radical (unpaired) electrons. The van der Waals surface area contributed by atoms with Crippen LogP contribution in [0, 0.1) is 50.2 Å². The van der Waals surface area contributed by atoms with Crippen LogP contribution in [0.2, 0.25) is 0 Å². The number of carbonyl (C=O) groups excluding carboxylic acids is 6. The molecule has 138 heavy (non-hydrogen) atoms. The van der Waals surface area contributed by atoms with Crippen LogP contribution in [0.15, 0.2) is 23.8 Å². The van der Waals surface area contributed by atoms with Crippen molar-refractivity contribution < 1.29 is 231 Å². The third-order valence-electron chi connectivity index (χ3n) is 32.5. The number of amides is 3. The number of ether oxygens (including phenoxy) is 19. The summed E-state index contributed by atoms with van der Waals surface area (Å²) in [6.07, 6.45) is -75.3. The molecule has 10 aliphatic heterocycles. The van der Waals surface area contributed by atoms with Gasteiger partial charge in [0.2, 0.25) is 6.29 Å². The van der Waals surface area contributed by atoms with Crippen LogP contribution in [-0.2, 0) is 119 Å². The molecule has 45 unspecified atom stereocenters. The molecule has 784 valence electrons. The van der Waals surface area contributed by atoms with E-state index in [1.165, 1.54) is 20.8 Å². The predicted molar refractivity (Wildman–Crippen MR) is 447 cm³/mol. The van der Waals surface area contributed by atoms with Crippen LogP contribution in [0.5, 0.6) is 0 Å². The molecule has 0 aromatic heterocycles. The summed E-state index contributed by atoms with van der Waals surface area (Å²) in [5.74, 6) is -6.19. The van der Waals surface area contributed by atoms with Crippen LogP contribution in [0.4, 0.5) is 0 Å². The van der Waals surface area contributed by atoms with Gasteiger partial charge in [0.15, 0.2) is 68.6 Å². The summed E-state index contributed by atoms with van der Waals surface area (Å²) in [7, 11) is 0. The first kappa shape index (κ1) is 107. The number of aliphatic hydroxyl groups excluding tert-OH is 22. The van der Waals surface area contributed by atoms with Gasteiger partial charge < -0.3 is 212 Å². The molecule has 5 aliphatic carbocycles. The minimum atomic E-state index is -2.24. The Morgan fingerprint density at radius 3 is 1.49 bits per heavy atom. The first-order chi connectivity index (χ1) is 64.9. The molecular formula is C89H136N2O47. The third kappa shape index (κ3) is 19.5. The van der Waals surface area contributed by atoms with Gasteiger partial charge in [0.1, 0.15) is 177 Å². The molecule has 9 saturated heterocycles. The number of esters is 2. The molecule has 0 spiro atoms. The quantitative estimate of drug-likeness (QED) is 0.0126. The zero-order valence-electron chi connectivity index (χ0n) is 77.8. The summed E-state index contributed by atoms with van der Waals surface area (Å²) in [6, 6.07) is 0. The second-order valence-electron chi connectivity index (χ2n) is 41.4. The average Bonchev–Trinajstić information content (AvgIpc) is 0.676. The summed E-state index contributed by atoms with van der Waals surface area (Å²) in [5, 5.41) is 251. The van der Waals surface area contributed by atoms with E-state index in [0.29, 0.717) is 19.3 Å². The molecule has 15 aliphatic rings. The van der Waals surface area contributed by atoms with Crippen molar-refractivity contribution in [3.63, 3.8) is 0 Å². The number of allylic oxidation sites excluding steroid dienone is 2. The van der Waals surface area contributed by atoms with E-state index in [4.69, 9.17) is 90.0 Å². The maximum atomic E-state index is 16.5. The van der Waals surface area contributed by atoms with E-state index in [-0.39, 0.29) is 51.0 Å². The molecule has 4 saturated carbocycles. The summed E-state index contributed by atoms with van der Waals surface area (Å²) in [6.45, 7) is 12.7. The van der Waals surface area contributed by atoms with Gasteiger partial charge in [-0.1, -0.05) is 53.2 Å². The summed E-state index contributed by atoms with van der Waals surface area (Å²) in [4.78, 5) is 84.4. The first-order valence-corrected chi connectivity index (χ1v) is 47.2. The van der Waals surface area contributed by atoms with Crippen molar-refractivity contribution in [2.75, 3.05) is 46.1 Å². The minimum absolute atomic E-state index is 0.0101. The average molecular weight is 1990 g/mol. The number of rotatable bonds is 26. The fourth-order valence-electron chi connectivity index (χ4n) is 24.3. The van der Waals surface area contributed by atoms with Crippen molar-refractivity contribution in [2.45, 2.75) is 397 Å². The second-order valence-corrected chi connectivity index (χ2v) is 41.4. The fourth-order valence-corrected chi connectivity index (χ4v) is 24.3. The highest BCUT2D eigenvalue weighted by atomic mass is 16.8. The lowest BCUT2D eigenvalue weighted by molar-refractivity contribution is -0.392. The number of nitrogens with zero attached hydrogens (tertiary/aromatic N) is 1. The Hall–Kier alpha value is -4.86. The number of aliphatic hydroxyl groups is 22. The van der Waals surface area contributed by atoms with E-state index in [0.717, 1.165) is 35.8 Å². The van der Waals surface area contributed by atoms with Crippen molar-refractivity contribution >= 4 is 35.9 Å². The highest BCUT2D eigenvalue weighted by Gasteiger charge is 2.74. The Kier molecular flexibility index (Phi) is 32.5. The number of nitrogens with one attached hydrogen (secondary N) is 1. The SMILES string of the molecule is CC(=O)OC1C(C)OC(OC2C(C)OC(OC(=O)[C@]34CCC(C)(C)CC3C3=CCC5[C@@]6(C)CC[C@H](OC7OC(C(=O)NCCN8C(=O)C=CC8=O)C(O)C(OC8OCC(O)C(O)C8O)C7OC7OC(CO)C(O)C(O)C7O)[C@@](C)(C=O)C6CC[C@@]5(C)[C@]3(C)C[C@H]4O)C(OC3OC(C)C(OC4OCC(O)C(OC5OC(CO)C(O)C(O)C5O)C4O)C(O)C3O)C2O)C(O)C1OC1OCC(O)C(O)C1O. The van der Waals surface area contributed by atoms with Crippen molar-refractivity contribution in [1.82, 2.24) is 10.2 Å². The zero-order valence-corrected chi connectivity index (χ0v) is 77.8. The van der Waals surface area contributed by atoms with Crippen LogP contribution in [0.1, 0.15) is 127 Å².